The maximum Gasteiger partial charge on any atom is 0.270 e. The summed E-state index contributed by atoms with van der Waals surface area (Å²) in [4.78, 5) is 24.2. The lowest BCUT2D eigenvalue weighted by molar-refractivity contribution is -0.384. The Kier molecular flexibility index (Phi) is 4.90. The van der Waals surface area contributed by atoms with E-state index in [1.807, 2.05) is 0 Å². The molecule has 0 radical (unpaired) electrons. The first-order valence-corrected chi connectivity index (χ1v) is 6.74. The average Bonchev–Trinajstić information content (AvgIpc) is 2.55. The molecule has 0 spiro atoms. The van der Waals surface area contributed by atoms with Crippen molar-refractivity contribution in [1.29, 1.82) is 0 Å². The molecule has 0 heterocycles. The maximum absolute atomic E-state index is 12.9. The van der Waals surface area contributed by atoms with Crippen molar-refractivity contribution in [1.82, 2.24) is 4.90 Å². The minimum Gasteiger partial charge on any atom is -0.496 e. The van der Waals surface area contributed by atoms with Crippen molar-refractivity contribution >= 4 is 11.6 Å². The van der Waals surface area contributed by atoms with Gasteiger partial charge < -0.3 is 9.64 Å². The second-order valence-electron chi connectivity index (χ2n) is 4.93. The highest BCUT2D eigenvalue weighted by Gasteiger charge is 2.20. The topological polar surface area (TPSA) is 72.7 Å². The number of ether oxygens (including phenoxy) is 1. The summed E-state index contributed by atoms with van der Waals surface area (Å²) in [5.74, 6) is -0.524. The van der Waals surface area contributed by atoms with Gasteiger partial charge in [-0.15, -0.1) is 0 Å². The summed E-state index contributed by atoms with van der Waals surface area (Å²) >= 11 is 0. The van der Waals surface area contributed by atoms with E-state index in [1.54, 1.807) is 19.2 Å². The molecular weight excluding hydrogens is 303 g/mol. The Balaban J connectivity index is 2.25. The number of amides is 1. The van der Waals surface area contributed by atoms with Gasteiger partial charge in [0, 0.05) is 25.7 Å². The highest BCUT2D eigenvalue weighted by atomic mass is 19.1. The summed E-state index contributed by atoms with van der Waals surface area (Å²) < 4.78 is 18.0. The van der Waals surface area contributed by atoms with Crippen LogP contribution in [-0.2, 0) is 6.54 Å². The molecule has 0 bridgehead atoms. The molecule has 0 aliphatic carbocycles. The number of benzene rings is 2. The van der Waals surface area contributed by atoms with Crippen LogP contribution >= 0.6 is 0 Å². The van der Waals surface area contributed by atoms with Gasteiger partial charge in [0.05, 0.1) is 17.6 Å². The summed E-state index contributed by atoms with van der Waals surface area (Å²) in [5, 5.41) is 10.9. The molecule has 120 valence electrons. The molecular formula is C16H15FN2O4. The fraction of sp³-hybridized carbons (Fsp3) is 0.188. The Morgan fingerprint density at radius 3 is 2.48 bits per heavy atom. The van der Waals surface area contributed by atoms with Gasteiger partial charge in [0.1, 0.15) is 11.6 Å². The molecule has 7 heteroatoms. The number of nitro groups is 1. The molecule has 0 unspecified atom stereocenters. The molecule has 0 aromatic heterocycles. The first kappa shape index (κ1) is 16.4. The number of rotatable bonds is 5. The molecule has 0 aliphatic rings. The third-order valence-electron chi connectivity index (χ3n) is 3.30. The number of non-ortho nitro benzene ring substituents is 1. The minimum atomic E-state index is -0.573. The number of methoxy groups -OCH3 is 1. The smallest absolute Gasteiger partial charge is 0.270 e. The van der Waals surface area contributed by atoms with Crippen LogP contribution < -0.4 is 4.74 Å². The quantitative estimate of drug-likeness (QED) is 0.627. The Hall–Kier alpha value is -2.96. The van der Waals surface area contributed by atoms with Crippen molar-refractivity contribution in [2.24, 2.45) is 0 Å². The summed E-state index contributed by atoms with van der Waals surface area (Å²) in [5.41, 5.74) is 0.655. The predicted molar refractivity (Wildman–Crippen MR) is 81.8 cm³/mol. The largest absolute Gasteiger partial charge is 0.496 e. The van der Waals surface area contributed by atoms with Crippen LogP contribution in [0.5, 0.6) is 5.75 Å². The highest BCUT2D eigenvalue weighted by molar-refractivity contribution is 5.97. The van der Waals surface area contributed by atoms with Gasteiger partial charge in [-0.2, -0.15) is 0 Å². The molecule has 0 N–H and O–H groups in total. The van der Waals surface area contributed by atoms with Gasteiger partial charge >= 0.3 is 0 Å². The van der Waals surface area contributed by atoms with Crippen molar-refractivity contribution in [2.75, 3.05) is 14.2 Å². The SMILES string of the molecule is COc1ccc([N+](=O)[O-])cc1C(=O)N(C)Cc1ccc(F)cc1. The van der Waals surface area contributed by atoms with E-state index in [-0.39, 0.29) is 29.4 Å². The predicted octanol–water partition coefficient (Wildman–Crippen LogP) is 3.01. The van der Waals surface area contributed by atoms with Gasteiger partial charge in [0.25, 0.3) is 11.6 Å². The van der Waals surface area contributed by atoms with Crippen molar-refractivity contribution in [3.05, 3.63) is 69.5 Å². The molecule has 2 aromatic rings. The molecule has 2 aromatic carbocycles. The number of halogens is 1. The van der Waals surface area contributed by atoms with E-state index in [2.05, 4.69) is 0 Å². The molecule has 0 saturated carbocycles. The van der Waals surface area contributed by atoms with Crippen molar-refractivity contribution in [3.63, 3.8) is 0 Å². The third kappa shape index (κ3) is 3.82. The second-order valence-corrected chi connectivity index (χ2v) is 4.93. The Labute approximate surface area is 132 Å². The highest BCUT2D eigenvalue weighted by Crippen LogP contribution is 2.25. The van der Waals surface area contributed by atoms with Gasteiger partial charge in [-0.05, 0) is 23.8 Å². The van der Waals surface area contributed by atoms with Crippen LogP contribution in [-0.4, -0.2) is 29.9 Å². The van der Waals surface area contributed by atoms with Crippen LogP contribution in [0.1, 0.15) is 15.9 Å². The molecule has 2 rings (SSSR count). The van der Waals surface area contributed by atoms with Gasteiger partial charge in [-0.3, -0.25) is 14.9 Å². The first-order valence-electron chi connectivity index (χ1n) is 6.74. The maximum atomic E-state index is 12.9. The fourth-order valence-electron chi connectivity index (χ4n) is 2.12. The standard InChI is InChI=1S/C16H15FN2O4/c1-18(10-11-3-5-12(17)6-4-11)16(20)14-9-13(19(21)22)7-8-15(14)23-2/h3-9H,10H2,1-2H3. The first-order chi connectivity index (χ1) is 10.9. The summed E-state index contributed by atoms with van der Waals surface area (Å²) in [6, 6.07) is 9.60. The number of nitrogens with zero attached hydrogens (tertiary/aromatic N) is 2. The van der Waals surface area contributed by atoms with Crippen LogP contribution in [0.2, 0.25) is 0 Å². The average molecular weight is 318 g/mol. The van der Waals surface area contributed by atoms with Gasteiger partial charge in [-0.25, -0.2) is 4.39 Å². The Morgan fingerprint density at radius 1 is 1.26 bits per heavy atom. The molecule has 0 atom stereocenters. The van der Waals surface area contributed by atoms with Crippen LogP contribution in [0, 0.1) is 15.9 Å². The molecule has 6 nitrogen and oxygen atoms in total. The van der Waals surface area contributed by atoms with E-state index >= 15 is 0 Å². The fourth-order valence-corrected chi connectivity index (χ4v) is 2.12. The Bertz CT molecular complexity index is 731. The zero-order valence-electron chi connectivity index (χ0n) is 12.7. The van der Waals surface area contributed by atoms with E-state index < -0.39 is 10.8 Å². The second kappa shape index (κ2) is 6.87. The summed E-state index contributed by atoms with van der Waals surface area (Å²) in [7, 11) is 2.95. The molecule has 0 aliphatic heterocycles. The lowest BCUT2D eigenvalue weighted by atomic mass is 10.1. The zero-order chi connectivity index (χ0) is 17.0. The van der Waals surface area contributed by atoms with Gasteiger partial charge in [0.15, 0.2) is 0 Å². The van der Waals surface area contributed by atoms with E-state index in [1.165, 1.54) is 42.3 Å². The van der Waals surface area contributed by atoms with E-state index in [0.29, 0.717) is 0 Å². The van der Waals surface area contributed by atoms with Crippen molar-refractivity contribution in [2.45, 2.75) is 6.54 Å². The Morgan fingerprint density at radius 2 is 1.91 bits per heavy atom. The van der Waals surface area contributed by atoms with Crippen LogP contribution in [0.25, 0.3) is 0 Å². The molecule has 1 amide bonds. The monoisotopic (exact) mass is 318 g/mol. The van der Waals surface area contributed by atoms with Gasteiger partial charge in [0.2, 0.25) is 0 Å². The number of hydrogen-bond donors (Lipinski definition) is 0. The van der Waals surface area contributed by atoms with E-state index in [0.717, 1.165) is 5.56 Å². The van der Waals surface area contributed by atoms with Crippen LogP contribution in [0.3, 0.4) is 0 Å². The number of hydrogen-bond acceptors (Lipinski definition) is 4. The zero-order valence-corrected chi connectivity index (χ0v) is 12.7. The number of nitro benzene ring substituents is 1. The van der Waals surface area contributed by atoms with Crippen molar-refractivity contribution < 1.29 is 18.8 Å². The molecule has 0 fully saturated rings. The lowest BCUT2D eigenvalue weighted by Gasteiger charge is -2.18. The molecule has 23 heavy (non-hydrogen) atoms. The normalized spacial score (nSPS) is 10.2. The van der Waals surface area contributed by atoms with E-state index in [9.17, 15) is 19.3 Å². The van der Waals surface area contributed by atoms with Crippen LogP contribution in [0.4, 0.5) is 10.1 Å². The number of carbonyl (C=O) groups is 1. The van der Waals surface area contributed by atoms with E-state index in [4.69, 9.17) is 4.74 Å². The van der Waals surface area contributed by atoms with Gasteiger partial charge in [-0.1, -0.05) is 12.1 Å². The third-order valence-corrected chi connectivity index (χ3v) is 3.30. The lowest BCUT2D eigenvalue weighted by Crippen LogP contribution is -2.26. The molecule has 0 saturated heterocycles. The van der Waals surface area contributed by atoms with Crippen LogP contribution in [0.15, 0.2) is 42.5 Å². The van der Waals surface area contributed by atoms with Crippen molar-refractivity contribution in [3.8, 4) is 5.75 Å². The minimum absolute atomic E-state index is 0.103. The summed E-state index contributed by atoms with van der Waals surface area (Å²) in [6.07, 6.45) is 0. The summed E-state index contributed by atoms with van der Waals surface area (Å²) in [6.45, 7) is 0.241. The number of carbonyl (C=O) groups excluding carboxylic acids is 1.